The van der Waals surface area contributed by atoms with Crippen molar-refractivity contribution < 1.29 is 35.8 Å². The second kappa shape index (κ2) is 10.4. The number of carbonyl (C=O) groups excluding carboxylic acids is 1. The number of nitrogens with zero attached hydrogens (tertiary/aromatic N) is 1. The highest BCUT2D eigenvalue weighted by atomic mass is 32.2. The molecule has 1 unspecified atom stereocenters. The number of sulfonamides is 2. The number of hydrogen-bond donors (Lipinski definition) is 1. The lowest BCUT2D eigenvalue weighted by Gasteiger charge is -2.32. The van der Waals surface area contributed by atoms with Crippen LogP contribution in [0.2, 0.25) is 0 Å². The first-order valence-corrected chi connectivity index (χ1v) is 12.8. The predicted molar refractivity (Wildman–Crippen MR) is 115 cm³/mol. The van der Waals surface area contributed by atoms with E-state index in [1.54, 1.807) is 6.07 Å². The van der Waals surface area contributed by atoms with E-state index < -0.39 is 26.0 Å². The minimum Gasteiger partial charge on any atom is -0.493 e. The number of esters is 1. The first kappa shape index (κ1) is 25.1. The molecular weight excluding hydrogens is 448 g/mol. The Bertz CT molecular complexity index is 1040. The zero-order valence-electron chi connectivity index (χ0n) is 18.0. The van der Waals surface area contributed by atoms with Crippen molar-refractivity contribution >= 4 is 32.1 Å². The van der Waals surface area contributed by atoms with Crippen LogP contribution in [-0.4, -0.2) is 74.3 Å². The number of benzene rings is 1. The highest BCUT2D eigenvalue weighted by Crippen LogP contribution is 2.38. The Morgan fingerprint density at radius 2 is 1.90 bits per heavy atom. The summed E-state index contributed by atoms with van der Waals surface area (Å²) in [7, 11) is -3.39. The molecule has 0 saturated carbocycles. The van der Waals surface area contributed by atoms with Crippen LogP contribution in [0.5, 0.6) is 11.5 Å². The number of hydrogen-bond acceptors (Lipinski definition) is 8. The van der Waals surface area contributed by atoms with Crippen LogP contribution in [0.25, 0.3) is 6.08 Å². The summed E-state index contributed by atoms with van der Waals surface area (Å²) in [5, 5.41) is 0. The van der Waals surface area contributed by atoms with Crippen LogP contribution in [0.1, 0.15) is 18.4 Å². The van der Waals surface area contributed by atoms with E-state index in [1.165, 1.54) is 43.9 Å². The molecule has 10 nitrogen and oxygen atoms in total. The van der Waals surface area contributed by atoms with Crippen LogP contribution in [0, 0.1) is 5.92 Å². The van der Waals surface area contributed by atoms with E-state index >= 15 is 0 Å². The molecule has 1 fully saturated rings. The summed E-state index contributed by atoms with van der Waals surface area (Å²) in [6.07, 6.45) is 4.95. The molecule has 12 heteroatoms. The van der Waals surface area contributed by atoms with Gasteiger partial charge in [0.25, 0.3) is 0 Å². The number of rotatable bonds is 9. The molecule has 1 N–H and O–H groups in total. The van der Waals surface area contributed by atoms with Crippen molar-refractivity contribution in [2.75, 3.05) is 47.2 Å². The van der Waals surface area contributed by atoms with Crippen molar-refractivity contribution in [3.8, 4) is 11.5 Å². The van der Waals surface area contributed by atoms with Gasteiger partial charge in [-0.05, 0) is 42.5 Å². The zero-order valence-corrected chi connectivity index (χ0v) is 19.6. The van der Waals surface area contributed by atoms with Gasteiger partial charge in [0.15, 0.2) is 11.5 Å². The van der Waals surface area contributed by atoms with E-state index in [0.29, 0.717) is 24.9 Å². The maximum atomic E-state index is 13.5. The Morgan fingerprint density at radius 1 is 1.19 bits per heavy atom. The Labute approximate surface area is 183 Å². The number of ether oxygens (including phenoxy) is 3. The largest absolute Gasteiger partial charge is 0.493 e. The van der Waals surface area contributed by atoms with E-state index in [-0.39, 0.29) is 35.4 Å². The molecule has 1 aliphatic heterocycles. The van der Waals surface area contributed by atoms with E-state index in [0.717, 1.165) is 6.26 Å². The first-order chi connectivity index (χ1) is 14.5. The van der Waals surface area contributed by atoms with Gasteiger partial charge < -0.3 is 14.2 Å². The Kier molecular flexibility index (Phi) is 8.46. The maximum absolute atomic E-state index is 13.5. The quantitative estimate of drug-likeness (QED) is 0.410. The van der Waals surface area contributed by atoms with Crippen LogP contribution in [-0.2, 0) is 29.6 Å². The molecule has 31 heavy (non-hydrogen) atoms. The van der Waals surface area contributed by atoms with Crippen molar-refractivity contribution in [1.29, 1.82) is 0 Å². The van der Waals surface area contributed by atoms with E-state index in [9.17, 15) is 21.6 Å². The van der Waals surface area contributed by atoms with Crippen LogP contribution >= 0.6 is 0 Å². The predicted octanol–water partition coefficient (Wildman–Crippen LogP) is 0.840. The van der Waals surface area contributed by atoms with Gasteiger partial charge in [-0.25, -0.2) is 26.4 Å². The summed E-state index contributed by atoms with van der Waals surface area (Å²) in [5.74, 6) is -0.500. The summed E-state index contributed by atoms with van der Waals surface area (Å²) in [4.78, 5) is 11.3. The summed E-state index contributed by atoms with van der Waals surface area (Å²) < 4.78 is 68.6. The van der Waals surface area contributed by atoms with Crippen molar-refractivity contribution in [1.82, 2.24) is 9.03 Å². The fourth-order valence-corrected chi connectivity index (χ4v) is 5.59. The minimum atomic E-state index is -3.99. The second-order valence-corrected chi connectivity index (χ2v) is 10.8. The van der Waals surface area contributed by atoms with Crippen LogP contribution in [0.15, 0.2) is 23.1 Å². The highest BCUT2D eigenvalue weighted by Gasteiger charge is 2.34. The summed E-state index contributed by atoms with van der Waals surface area (Å²) in [6, 6.07) is 2.95. The van der Waals surface area contributed by atoms with Crippen molar-refractivity contribution in [3.63, 3.8) is 0 Å². The van der Waals surface area contributed by atoms with Gasteiger partial charge in [0, 0.05) is 25.7 Å². The van der Waals surface area contributed by atoms with Crippen LogP contribution in [0.4, 0.5) is 0 Å². The van der Waals surface area contributed by atoms with Gasteiger partial charge in [-0.2, -0.15) is 4.31 Å². The molecular formula is C19H28N2O8S2. The molecule has 0 amide bonds. The normalized spacial score (nSPS) is 18.1. The summed E-state index contributed by atoms with van der Waals surface area (Å²) in [6.45, 7) is 0.622. The highest BCUT2D eigenvalue weighted by molar-refractivity contribution is 7.89. The number of carbonyl (C=O) groups is 1. The molecule has 1 aromatic carbocycles. The SMILES string of the molecule is COC(=O)/C=C/c1cc(OC)c(OC)c(S(=O)(=O)N2CCCC(CNS(C)(=O)=O)C2)c1. The third kappa shape index (κ3) is 6.66. The van der Waals surface area contributed by atoms with E-state index in [4.69, 9.17) is 9.47 Å². The molecule has 1 atom stereocenters. The van der Waals surface area contributed by atoms with Crippen molar-refractivity contribution in [2.24, 2.45) is 5.92 Å². The van der Waals surface area contributed by atoms with Gasteiger partial charge in [0.05, 0.1) is 27.6 Å². The molecule has 0 aromatic heterocycles. The van der Waals surface area contributed by atoms with Crippen LogP contribution in [0.3, 0.4) is 0 Å². The van der Waals surface area contributed by atoms with E-state index in [2.05, 4.69) is 9.46 Å². The summed E-state index contributed by atoms with van der Waals surface area (Å²) in [5.41, 5.74) is 0.411. The van der Waals surface area contributed by atoms with Gasteiger partial charge in [0.2, 0.25) is 20.0 Å². The summed E-state index contributed by atoms with van der Waals surface area (Å²) >= 11 is 0. The number of piperidine rings is 1. The molecule has 174 valence electrons. The minimum absolute atomic E-state index is 0.0501. The average molecular weight is 477 g/mol. The molecule has 0 bridgehead atoms. The average Bonchev–Trinajstić information content (AvgIpc) is 2.74. The standard InChI is InChI=1S/C19H28N2O8S2/c1-27-16-10-14(7-8-18(22)28-2)11-17(19(16)29-3)31(25,26)21-9-5-6-15(13-21)12-20-30(4,23)24/h7-8,10-11,15,20H,5-6,9,12-13H2,1-4H3/b8-7+. The first-order valence-electron chi connectivity index (χ1n) is 9.48. The zero-order chi connectivity index (χ0) is 23.2. The molecule has 1 heterocycles. The molecule has 0 aliphatic carbocycles. The maximum Gasteiger partial charge on any atom is 0.330 e. The molecule has 1 saturated heterocycles. The monoisotopic (exact) mass is 476 g/mol. The molecule has 0 radical (unpaired) electrons. The second-order valence-electron chi connectivity index (χ2n) is 7.10. The molecule has 1 aliphatic rings. The lowest BCUT2D eigenvalue weighted by molar-refractivity contribution is -0.134. The van der Waals surface area contributed by atoms with Gasteiger partial charge in [-0.1, -0.05) is 0 Å². The molecule has 0 spiro atoms. The molecule has 1 aromatic rings. The van der Waals surface area contributed by atoms with Crippen LogP contribution < -0.4 is 14.2 Å². The fourth-order valence-electron chi connectivity index (χ4n) is 3.29. The van der Waals surface area contributed by atoms with E-state index in [1.807, 2.05) is 0 Å². The topological polar surface area (TPSA) is 128 Å². The van der Waals surface area contributed by atoms with Gasteiger partial charge in [0.1, 0.15) is 4.90 Å². The van der Waals surface area contributed by atoms with Gasteiger partial charge >= 0.3 is 5.97 Å². The Morgan fingerprint density at radius 3 is 2.48 bits per heavy atom. The lowest BCUT2D eigenvalue weighted by atomic mass is 10.0. The Hall–Kier alpha value is -2.15. The third-order valence-corrected chi connectivity index (χ3v) is 7.38. The fraction of sp³-hybridized carbons (Fsp3) is 0.526. The van der Waals surface area contributed by atoms with Crippen molar-refractivity contribution in [3.05, 3.63) is 23.8 Å². The third-order valence-electron chi connectivity index (χ3n) is 4.81. The van der Waals surface area contributed by atoms with Gasteiger partial charge in [-0.3, -0.25) is 0 Å². The lowest BCUT2D eigenvalue weighted by Crippen LogP contribution is -2.43. The number of nitrogens with one attached hydrogen (secondary N) is 1. The van der Waals surface area contributed by atoms with Crippen molar-refractivity contribution in [2.45, 2.75) is 17.7 Å². The number of methoxy groups -OCH3 is 3. The van der Waals surface area contributed by atoms with Gasteiger partial charge in [-0.15, -0.1) is 0 Å². The molecule has 2 rings (SSSR count). The Balaban J connectivity index is 2.41. The smallest absolute Gasteiger partial charge is 0.330 e.